The van der Waals surface area contributed by atoms with Crippen LogP contribution < -0.4 is 11.5 Å². The van der Waals surface area contributed by atoms with Crippen LogP contribution in [0.1, 0.15) is 6.42 Å². The molecule has 1 atom stereocenters. The molecule has 0 bridgehead atoms. The van der Waals surface area contributed by atoms with E-state index in [1.165, 1.54) is 0 Å². The van der Waals surface area contributed by atoms with Gasteiger partial charge in [0.15, 0.2) is 0 Å². The Kier molecular flexibility index (Phi) is 4.94. The first-order valence-corrected chi connectivity index (χ1v) is 5.89. The molecule has 4 N–H and O–H groups in total. The summed E-state index contributed by atoms with van der Waals surface area (Å²) < 4.78 is 0. The summed E-state index contributed by atoms with van der Waals surface area (Å²) in [5.74, 6) is 0.298. The van der Waals surface area contributed by atoms with Crippen LogP contribution in [-0.2, 0) is 4.79 Å². The summed E-state index contributed by atoms with van der Waals surface area (Å²) in [6.07, 6.45) is 0.576. The minimum absolute atomic E-state index is 0.457. The van der Waals surface area contributed by atoms with E-state index in [0.717, 1.165) is 10.6 Å². The Hall–Kier alpha value is -0.710. The van der Waals surface area contributed by atoms with Gasteiger partial charge in [0.2, 0.25) is 5.91 Å². The van der Waals surface area contributed by atoms with Gasteiger partial charge in [-0.1, -0.05) is 17.7 Å². The van der Waals surface area contributed by atoms with E-state index in [-0.39, 0.29) is 0 Å². The average Bonchev–Trinajstić information content (AvgIpc) is 2.17. The van der Waals surface area contributed by atoms with Crippen molar-refractivity contribution in [2.45, 2.75) is 17.4 Å². The number of amides is 1. The van der Waals surface area contributed by atoms with Crippen molar-refractivity contribution in [3.63, 3.8) is 0 Å². The van der Waals surface area contributed by atoms with Crippen LogP contribution >= 0.6 is 23.4 Å². The van der Waals surface area contributed by atoms with Crippen LogP contribution in [0.15, 0.2) is 29.2 Å². The summed E-state index contributed by atoms with van der Waals surface area (Å²) in [7, 11) is 0. The fourth-order valence-electron chi connectivity index (χ4n) is 1.00. The topological polar surface area (TPSA) is 69.1 Å². The van der Waals surface area contributed by atoms with E-state index in [1.807, 2.05) is 24.3 Å². The van der Waals surface area contributed by atoms with Crippen LogP contribution in [0.4, 0.5) is 0 Å². The van der Waals surface area contributed by atoms with Crippen LogP contribution in [0.5, 0.6) is 0 Å². The largest absolute Gasteiger partial charge is 0.368 e. The van der Waals surface area contributed by atoms with E-state index in [0.29, 0.717) is 11.4 Å². The lowest BCUT2D eigenvalue weighted by Crippen LogP contribution is -2.36. The molecule has 0 fully saturated rings. The molecule has 3 nitrogen and oxygen atoms in total. The van der Waals surface area contributed by atoms with Crippen LogP contribution in [0.3, 0.4) is 0 Å². The van der Waals surface area contributed by atoms with Gasteiger partial charge in [-0.05, 0) is 30.4 Å². The second-order valence-corrected chi connectivity index (χ2v) is 4.71. The third-order valence-corrected chi connectivity index (χ3v) is 3.12. The first-order valence-electron chi connectivity index (χ1n) is 4.53. The van der Waals surface area contributed by atoms with Gasteiger partial charge < -0.3 is 11.5 Å². The van der Waals surface area contributed by atoms with Crippen molar-refractivity contribution in [1.82, 2.24) is 0 Å². The third kappa shape index (κ3) is 4.55. The molecule has 0 saturated heterocycles. The lowest BCUT2D eigenvalue weighted by atomic mass is 10.2. The fourth-order valence-corrected chi connectivity index (χ4v) is 2.25. The van der Waals surface area contributed by atoms with Gasteiger partial charge in [0.1, 0.15) is 0 Å². The van der Waals surface area contributed by atoms with Gasteiger partial charge >= 0.3 is 0 Å². The first-order chi connectivity index (χ1) is 7.09. The Morgan fingerprint density at radius 1 is 1.53 bits per heavy atom. The van der Waals surface area contributed by atoms with Crippen LogP contribution in [-0.4, -0.2) is 17.7 Å². The Labute approximate surface area is 98.2 Å². The number of halogens is 1. The van der Waals surface area contributed by atoms with Gasteiger partial charge in [0, 0.05) is 9.92 Å². The molecule has 15 heavy (non-hydrogen) atoms. The zero-order chi connectivity index (χ0) is 11.3. The molecule has 1 aromatic rings. The number of nitrogens with two attached hydrogens (primary N) is 2. The Bertz CT molecular complexity index is 346. The quantitative estimate of drug-likeness (QED) is 0.774. The molecule has 0 spiro atoms. The van der Waals surface area contributed by atoms with E-state index >= 15 is 0 Å². The lowest BCUT2D eigenvalue weighted by Gasteiger charge is -2.06. The van der Waals surface area contributed by atoms with E-state index in [9.17, 15) is 4.79 Å². The number of rotatable bonds is 5. The Morgan fingerprint density at radius 3 is 2.87 bits per heavy atom. The van der Waals surface area contributed by atoms with Crippen molar-refractivity contribution in [3.05, 3.63) is 29.3 Å². The summed E-state index contributed by atoms with van der Waals surface area (Å²) in [6, 6.07) is 6.99. The van der Waals surface area contributed by atoms with Crippen molar-refractivity contribution in [2.75, 3.05) is 5.75 Å². The summed E-state index contributed by atoms with van der Waals surface area (Å²) in [4.78, 5) is 11.7. The van der Waals surface area contributed by atoms with Gasteiger partial charge in [0.05, 0.1) is 6.04 Å². The summed E-state index contributed by atoms with van der Waals surface area (Å²) >= 11 is 7.43. The number of primary amides is 1. The first kappa shape index (κ1) is 12.4. The van der Waals surface area contributed by atoms with Crippen molar-refractivity contribution in [3.8, 4) is 0 Å². The van der Waals surface area contributed by atoms with Crippen molar-refractivity contribution in [1.29, 1.82) is 0 Å². The minimum atomic E-state index is -0.559. The van der Waals surface area contributed by atoms with Gasteiger partial charge in [-0.25, -0.2) is 0 Å². The van der Waals surface area contributed by atoms with Gasteiger partial charge in [0.25, 0.3) is 0 Å². The number of hydrogen-bond acceptors (Lipinski definition) is 3. The second-order valence-electron chi connectivity index (χ2n) is 3.10. The van der Waals surface area contributed by atoms with Crippen LogP contribution in [0, 0.1) is 0 Å². The summed E-state index contributed by atoms with van der Waals surface area (Å²) in [6.45, 7) is 0. The van der Waals surface area contributed by atoms with Crippen molar-refractivity contribution >= 4 is 29.3 Å². The fraction of sp³-hybridized carbons (Fsp3) is 0.300. The number of benzene rings is 1. The molecule has 0 aliphatic heterocycles. The maximum Gasteiger partial charge on any atom is 0.234 e. The normalized spacial score (nSPS) is 12.4. The molecule has 82 valence electrons. The summed E-state index contributed by atoms with van der Waals surface area (Å²) in [5, 5.41) is 0.708. The Morgan fingerprint density at radius 2 is 2.27 bits per heavy atom. The molecular weight excluding hydrogens is 232 g/mol. The molecule has 0 heterocycles. The summed E-state index contributed by atoms with van der Waals surface area (Å²) in [5.41, 5.74) is 10.5. The maximum absolute atomic E-state index is 10.7. The maximum atomic E-state index is 10.7. The molecular formula is C10H13ClN2OS. The van der Waals surface area contributed by atoms with Crippen molar-refractivity contribution < 1.29 is 4.79 Å². The number of thioether (sulfide) groups is 1. The molecule has 0 aliphatic carbocycles. The molecule has 1 unspecified atom stereocenters. The third-order valence-electron chi connectivity index (χ3n) is 1.86. The van der Waals surface area contributed by atoms with Crippen LogP contribution in [0.2, 0.25) is 5.02 Å². The highest BCUT2D eigenvalue weighted by molar-refractivity contribution is 7.99. The van der Waals surface area contributed by atoms with Gasteiger partial charge in [-0.15, -0.1) is 11.8 Å². The zero-order valence-electron chi connectivity index (χ0n) is 8.15. The van der Waals surface area contributed by atoms with E-state index < -0.39 is 11.9 Å². The Balaban J connectivity index is 2.35. The van der Waals surface area contributed by atoms with Gasteiger partial charge in [-0.2, -0.15) is 0 Å². The molecule has 5 heteroatoms. The van der Waals surface area contributed by atoms with Gasteiger partial charge in [-0.3, -0.25) is 4.79 Å². The monoisotopic (exact) mass is 244 g/mol. The van der Waals surface area contributed by atoms with Crippen LogP contribution in [0.25, 0.3) is 0 Å². The van der Waals surface area contributed by atoms with E-state index in [4.69, 9.17) is 23.1 Å². The molecule has 1 aromatic carbocycles. The number of carbonyl (C=O) groups is 1. The zero-order valence-corrected chi connectivity index (χ0v) is 9.72. The predicted molar refractivity (Wildman–Crippen MR) is 64.0 cm³/mol. The highest BCUT2D eigenvalue weighted by atomic mass is 35.5. The highest BCUT2D eigenvalue weighted by Gasteiger charge is 2.08. The molecule has 1 amide bonds. The smallest absolute Gasteiger partial charge is 0.234 e. The molecule has 0 radical (unpaired) electrons. The van der Waals surface area contributed by atoms with E-state index in [2.05, 4.69) is 0 Å². The number of hydrogen-bond donors (Lipinski definition) is 2. The SMILES string of the molecule is NC(=O)C(N)CCSc1cccc(Cl)c1. The molecule has 0 saturated carbocycles. The second kappa shape index (κ2) is 6.00. The molecule has 0 aromatic heterocycles. The average molecular weight is 245 g/mol. The number of carbonyl (C=O) groups excluding carboxylic acids is 1. The van der Waals surface area contributed by atoms with Crippen molar-refractivity contribution in [2.24, 2.45) is 11.5 Å². The minimum Gasteiger partial charge on any atom is -0.368 e. The molecule has 1 rings (SSSR count). The lowest BCUT2D eigenvalue weighted by molar-refractivity contribution is -0.119. The predicted octanol–water partition coefficient (Wildman–Crippen LogP) is 1.63. The highest BCUT2D eigenvalue weighted by Crippen LogP contribution is 2.22. The molecule has 0 aliphatic rings. The van der Waals surface area contributed by atoms with E-state index in [1.54, 1.807) is 11.8 Å². The standard InChI is InChI=1S/C10H13ClN2OS/c11-7-2-1-3-8(6-7)15-5-4-9(12)10(13)14/h1-3,6,9H,4-5,12H2,(H2,13,14).